The summed E-state index contributed by atoms with van der Waals surface area (Å²) in [7, 11) is -3.58. The summed E-state index contributed by atoms with van der Waals surface area (Å²) >= 11 is 0. The molecule has 6 nitrogen and oxygen atoms in total. The van der Waals surface area contributed by atoms with Crippen molar-refractivity contribution in [3.63, 3.8) is 0 Å². The number of nitrogens with zero attached hydrogens (tertiary/aromatic N) is 1. The molecule has 5 aliphatic rings. The van der Waals surface area contributed by atoms with Crippen LogP contribution in [0.5, 0.6) is 0 Å². The molecule has 2 bridgehead atoms. The van der Waals surface area contributed by atoms with E-state index in [1.54, 1.807) is 0 Å². The molecule has 2 heterocycles. The van der Waals surface area contributed by atoms with E-state index in [0.717, 1.165) is 31.2 Å². The number of carbonyl (C=O) groups excluding carboxylic acids is 1. The lowest BCUT2D eigenvalue weighted by Crippen LogP contribution is -2.49. The van der Waals surface area contributed by atoms with Crippen LogP contribution in [0.1, 0.15) is 58.4 Å². The van der Waals surface area contributed by atoms with Gasteiger partial charge in [-0.05, 0) is 54.9 Å². The average Bonchev–Trinajstić information content (AvgIpc) is 3.25. The fourth-order valence-corrected chi connectivity index (χ4v) is 10.6. The highest BCUT2D eigenvalue weighted by Gasteiger charge is 2.73. The molecule has 1 aromatic carbocycles. The van der Waals surface area contributed by atoms with Crippen molar-refractivity contribution in [1.29, 1.82) is 0 Å². The molecule has 1 aromatic rings. The zero-order valence-electron chi connectivity index (χ0n) is 19.8. The predicted octanol–water partition coefficient (Wildman–Crippen LogP) is 3.75. The van der Waals surface area contributed by atoms with Crippen molar-refractivity contribution >= 4 is 15.9 Å². The van der Waals surface area contributed by atoms with Gasteiger partial charge in [0.15, 0.2) is 0 Å². The van der Waals surface area contributed by atoms with Gasteiger partial charge in [-0.1, -0.05) is 51.1 Å². The predicted molar refractivity (Wildman–Crippen MR) is 124 cm³/mol. The highest BCUT2D eigenvalue weighted by Crippen LogP contribution is 2.70. The molecule has 0 N–H and O–H groups in total. The molecular formula is C26H35NO5S. The Hall–Kier alpha value is -1.44. The molecular weight excluding hydrogens is 438 g/mol. The van der Waals surface area contributed by atoms with Crippen molar-refractivity contribution in [2.24, 2.45) is 28.6 Å². The number of carbonyl (C=O) groups is 1. The molecule has 180 valence electrons. The van der Waals surface area contributed by atoms with Crippen molar-refractivity contribution in [3.05, 3.63) is 35.9 Å². The second-order valence-electron chi connectivity index (χ2n) is 11.9. The van der Waals surface area contributed by atoms with Crippen LogP contribution in [0.3, 0.4) is 0 Å². The van der Waals surface area contributed by atoms with Crippen LogP contribution in [-0.4, -0.2) is 48.7 Å². The third kappa shape index (κ3) is 3.04. The molecule has 33 heavy (non-hydrogen) atoms. The van der Waals surface area contributed by atoms with Gasteiger partial charge < -0.3 is 9.47 Å². The fourth-order valence-electron chi connectivity index (χ4n) is 8.03. The Balaban J connectivity index is 1.15. The topological polar surface area (TPSA) is 76.2 Å². The fraction of sp³-hybridized carbons (Fsp3) is 0.731. The van der Waals surface area contributed by atoms with Gasteiger partial charge in [-0.2, -0.15) is 0 Å². The van der Waals surface area contributed by atoms with Crippen LogP contribution in [0.2, 0.25) is 0 Å². The molecule has 6 rings (SSSR count). The Morgan fingerprint density at radius 1 is 1.21 bits per heavy atom. The zero-order chi connectivity index (χ0) is 23.2. The Morgan fingerprint density at radius 3 is 2.70 bits per heavy atom. The number of rotatable bonds is 5. The zero-order valence-corrected chi connectivity index (χ0v) is 20.6. The summed E-state index contributed by atoms with van der Waals surface area (Å²) in [5.74, 6) is 0.236. The average molecular weight is 474 g/mol. The molecule has 2 aliphatic heterocycles. The second-order valence-corrected chi connectivity index (χ2v) is 13.8. The lowest BCUT2D eigenvalue weighted by molar-refractivity contribution is -0.136. The van der Waals surface area contributed by atoms with Crippen LogP contribution in [0.4, 0.5) is 0 Å². The first kappa shape index (κ1) is 22.1. The first-order valence-corrected chi connectivity index (χ1v) is 14.1. The maximum atomic E-state index is 13.8. The van der Waals surface area contributed by atoms with Crippen molar-refractivity contribution in [2.45, 2.75) is 77.2 Å². The van der Waals surface area contributed by atoms with Crippen LogP contribution in [0.15, 0.2) is 30.3 Å². The van der Waals surface area contributed by atoms with Crippen molar-refractivity contribution in [2.75, 3.05) is 12.4 Å². The molecule has 2 saturated heterocycles. The minimum absolute atomic E-state index is 0.0193. The first-order valence-electron chi connectivity index (χ1n) is 12.5. The van der Waals surface area contributed by atoms with Crippen LogP contribution in [0, 0.1) is 28.6 Å². The number of amides is 1. The largest absolute Gasteiger partial charge is 0.374 e. The number of fused-ring (bicyclic) bond motifs is 2. The van der Waals surface area contributed by atoms with Gasteiger partial charge in [0.1, 0.15) is 5.60 Å². The van der Waals surface area contributed by atoms with E-state index in [1.165, 1.54) is 4.31 Å². The van der Waals surface area contributed by atoms with Crippen molar-refractivity contribution in [1.82, 2.24) is 4.31 Å². The third-order valence-electron chi connectivity index (χ3n) is 10.1. The molecule has 0 unspecified atom stereocenters. The normalized spacial score (nSPS) is 43.8. The Labute approximate surface area is 197 Å². The van der Waals surface area contributed by atoms with Crippen LogP contribution < -0.4 is 0 Å². The van der Waals surface area contributed by atoms with E-state index < -0.39 is 10.0 Å². The molecule has 0 aromatic heterocycles. The maximum absolute atomic E-state index is 13.8. The van der Waals surface area contributed by atoms with E-state index in [0.29, 0.717) is 25.6 Å². The third-order valence-corrected chi connectivity index (χ3v) is 12.0. The van der Waals surface area contributed by atoms with Gasteiger partial charge in [0.25, 0.3) is 0 Å². The summed E-state index contributed by atoms with van der Waals surface area (Å²) < 4.78 is 40.1. The van der Waals surface area contributed by atoms with Gasteiger partial charge in [-0.3, -0.25) is 4.79 Å². The second kappa shape index (κ2) is 7.05. The van der Waals surface area contributed by atoms with Crippen LogP contribution in [-0.2, 0) is 30.9 Å². The Bertz CT molecular complexity index is 1070. The first-order chi connectivity index (χ1) is 15.6. The summed E-state index contributed by atoms with van der Waals surface area (Å²) in [6.07, 6.45) is 4.15. The quantitative estimate of drug-likeness (QED) is 0.609. The number of benzene rings is 1. The molecule has 3 saturated carbocycles. The number of epoxide rings is 1. The summed E-state index contributed by atoms with van der Waals surface area (Å²) in [6.45, 7) is 7.57. The van der Waals surface area contributed by atoms with Gasteiger partial charge in [0.05, 0.1) is 31.1 Å². The van der Waals surface area contributed by atoms with Crippen molar-refractivity contribution < 1.29 is 22.7 Å². The van der Waals surface area contributed by atoms with E-state index in [2.05, 4.69) is 20.8 Å². The molecule has 1 amide bonds. The van der Waals surface area contributed by atoms with Gasteiger partial charge in [0.2, 0.25) is 15.9 Å². The lowest BCUT2D eigenvalue weighted by Gasteiger charge is -2.38. The highest BCUT2D eigenvalue weighted by molar-refractivity contribution is 7.90. The SMILES string of the molecule is C[C@H]1C[C@]2(COCc3ccccc3)O[C@@H]2C[C@@H]1C(=O)N1[C@H]2C[C@H]3CC[C@@]2(CS1(=O)=O)C3(C)C. The van der Waals surface area contributed by atoms with E-state index >= 15 is 0 Å². The van der Waals surface area contributed by atoms with Crippen LogP contribution >= 0.6 is 0 Å². The summed E-state index contributed by atoms with van der Waals surface area (Å²) in [4.78, 5) is 13.8. The summed E-state index contributed by atoms with van der Waals surface area (Å²) in [5.41, 5.74) is 0.521. The molecule has 5 fully saturated rings. The number of ether oxygens (including phenoxy) is 2. The molecule has 1 spiro atoms. The Morgan fingerprint density at radius 2 is 1.97 bits per heavy atom. The standard InChI is InChI=1S/C26H35NO5S/c1-17-13-26(15-31-14-18-7-5-4-6-8-18)22(32-26)12-20(17)23(28)27-21-11-19-9-10-25(21,24(19,2)3)16-33(27,29)30/h4-8,17,19-22H,9-16H2,1-3H3/t17-,19+,20-,21-,22+,25-,26+/m0/s1. The summed E-state index contributed by atoms with van der Waals surface area (Å²) in [6, 6.07) is 9.92. The van der Waals surface area contributed by atoms with E-state index in [1.807, 2.05) is 30.3 Å². The minimum atomic E-state index is -3.58. The van der Waals surface area contributed by atoms with Crippen LogP contribution in [0.25, 0.3) is 0 Å². The lowest BCUT2D eigenvalue weighted by atomic mass is 9.68. The Kier molecular flexibility index (Phi) is 4.71. The van der Waals surface area contributed by atoms with E-state index in [4.69, 9.17) is 9.47 Å². The van der Waals surface area contributed by atoms with E-state index in [9.17, 15) is 13.2 Å². The van der Waals surface area contributed by atoms with Gasteiger partial charge in [-0.15, -0.1) is 0 Å². The van der Waals surface area contributed by atoms with Gasteiger partial charge >= 0.3 is 0 Å². The smallest absolute Gasteiger partial charge is 0.239 e. The maximum Gasteiger partial charge on any atom is 0.239 e. The van der Waals surface area contributed by atoms with Crippen molar-refractivity contribution in [3.8, 4) is 0 Å². The molecule has 0 radical (unpaired) electrons. The molecule has 7 heteroatoms. The highest BCUT2D eigenvalue weighted by atomic mass is 32.2. The summed E-state index contributed by atoms with van der Waals surface area (Å²) in [5, 5.41) is 0. The van der Waals surface area contributed by atoms with E-state index in [-0.39, 0.29) is 52.1 Å². The number of sulfonamides is 1. The van der Waals surface area contributed by atoms with Gasteiger partial charge in [-0.25, -0.2) is 12.7 Å². The molecule has 3 aliphatic carbocycles. The number of hydrogen-bond acceptors (Lipinski definition) is 5. The monoisotopic (exact) mass is 473 g/mol. The number of hydrogen-bond donors (Lipinski definition) is 0. The molecule has 7 atom stereocenters. The minimum Gasteiger partial charge on any atom is -0.374 e. The van der Waals surface area contributed by atoms with Gasteiger partial charge in [0, 0.05) is 11.3 Å².